The smallest absolute Gasteiger partial charge is 0.209 e. The molecule has 3 aromatic rings. The van der Waals surface area contributed by atoms with Crippen LogP contribution in [0.3, 0.4) is 0 Å². The normalized spacial score (nSPS) is 10.8. The highest BCUT2D eigenvalue weighted by Gasteiger charge is 2.28. The minimum absolute atomic E-state index is 0.264. The third kappa shape index (κ3) is 4.11. The summed E-state index contributed by atoms with van der Waals surface area (Å²) in [6.07, 6.45) is 0. The van der Waals surface area contributed by atoms with E-state index in [0.717, 1.165) is 5.56 Å². The van der Waals surface area contributed by atoms with Crippen molar-refractivity contribution in [2.45, 2.75) is 6.54 Å². The van der Waals surface area contributed by atoms with Crippen molar-refractivity contribution in [3.05, 3.63) is 34.5 Å². The van der Waals surface area contributed by atoms with Crippen molar-refractivity contribution in [1.82, 2.24) is 4.57 Å². The Labute approximate surface area is 192 Å². The van der Waals surface area contributed by atoms with Crippen molar-refractivity contribution in [3.8, 4) is 45.8 Å². The van der Waals surface area contributed by atoms with Crippen LogP contribution in [0.1, 0.15) is 0 Å². The monoisotopic (exact) mass is 459 g/mol. The molecule has 1 heterocycles. The number of hydrogen-bond donors (Lipinski definition) is 0. The molecule has 0 radical (unpaired) electrons. The summed E-state index contributed by atoms with van der Waals surface area (Å²) < 4.78 is 40.6. The van der Waals surface area contributed by atoms with E-state index in [0.29, 0.717) is 52.7 Å². The average molecular weight is 459 g/mol. The van der Waals surface area contributed by atoms with Gasteiger partial charge in [-0.1, -0.05) is 0 Å². The van der Waals surface area contributed by atoms with Gasteiger partial charge in [0, 0.05) is 25.3 Å². The summed E-state index contributed by atoms with van der Waals surface area (Å²) in [5, 5.41) is 0.312. The summed E-state index contributed by atoms with van der Waals surface area (Å²) in [5.41, 5.74) is 1.62. The number of hydrogen-bond acceptors (Lipinski definition) is 8. The van der Waals surface area contributed by atoms with Crippen molar-refractivity contribution < 1.29 is 33.2 Å². The fourth-order valence-corrected chi connectivity index (χ4v) is 3.93. The van der Waals surface area contributed by atoms with Crippen LogP contribution in [0.2, 0.25) is 0 Å². The van der Waals surface area contributed by atoms with E-state index in [1.54, 1.807) is 33.5 Å². The SMILES string of the molecule is COCCn1c(-c2ccc(OC)c(OC)c2)cc(=O)c2c(OC)c(OC)c(OC)c(OC)c21. The van der Waals surface area contributed by atoms with Crippen molar-refractivity contribution in [2.75, 3.05) is 56.4 Å². The first-order chi connectivity index (χ1) is 16.0. The van der Waals surface area contributed by atoms with Gasteiger partial charge in [-0.25, -0.2) is 0 Å². The minimum atomic E-state index is -0.264. The average Bonchev–Trinajstić information content (AvgIpc) is 2.85. The molecule has 9 nitrogen and oxygen atoms in total. The second kappa shape index (κ2) is 10.4. The number of ether oxygens (including phenoxy) is 7. The first kappa shape index (κ1) is 24.1. The summed E-state index contributed by atoms with van der Waals surface area (Å²) in [5.74, 6) is 2.33. The van der Waals surface area contributed by atoms with Gasteiger partial charge in [-0.05, 0) is 18.2 Å². The molecule has 0 aliphatic rings. The maximum atomic E-state index is 13.5. The summed E-state index contributed by atoms with van der Waals surface area (Å²) in [7, 11) is 10.7. The Kier molecular flexibility index (Phi) is 7.55. The molecule has 0 saturated carbocycles. The number of fused-ring (bicyclic) bond motifs is 1. The summed E-state index contributed by atoms with van der Waals surface area (Å²) in [4.78, 5) is 13.5. The number of rotatable bonds is 10. The van der Waals surface area contributed by atoms with E-state index in [2.05, 4.69) is 0 Å². The zero-order valence-electron chi connectivity index (χ0n) is 19.9. The number of aromatic nitrogens is 1. The number of nitrogens with zero attached hydrogens (tertiary/aromatic N) is 1. The molecule has 178 valence electrons. The Morgan fingerprint density at radius 1 is 0.697 bits per heavy atom. The van der Waals surface area contributed by atoms with Crippen LogP contribution in [0.15, 0.2) is 29.1 Å². The molecular weight excluding hydrogens is 430 g/mol. The molecule has 0 aliphatic heterocycles. The Morgan fingerprint density at radius 3 is 1.85 bits per heavy atom. The molecule has 0 atom stereocenters. The standard InChI is InChI=1S/C24H29NO8/c1-27-11-10-25-15(14-8-9-17(28-2)18(12-14)29-3)13-16(26)19-20(25)22(31-5)24(33-7)23(32-6)21(19)30-4/h8-9,12-13H,10-11H2,1-7H3. The van der Waals surface area contributed by atoms with Gasteiger partial charge in [-0.2, -0.15) is 0 Å². The highest BCUT2D eigenvalue weighted by atomic mass is 16.5. The zero-order valence-corrected chi connectivity index (χ0v) is 19.9. The summed E-state index contributed by atoms with van der Waals surface area (Å²) in [6.45, 7) is 0.810. The molecule has 0 aliphatic carbocycles. The third-order valence-electron chi connectivity index (χ3n) is 5.39. The molecule has 9 heteroatoms. The van der Waals surface area contributed by atoms with Crippen LogP contribution in [0, 0.1) is 0 Å². The molecule has 0 spiro atoms. The Morgan fingerprint density at radius 2 is 1.30 bits per heavy atom. The number of pyridine rings is 1. The molecule has 0 bridgehead atoms. The quantitative estimate of drug-likeness (QED) is 0.456. The van der Waals surface area contributed by atoms with E-state index in [1.165, 1.54) is 28.4 Å². The lowest BCUT2D eigenvalue weighted by Gasteiger charge is -2.23. The van der Waals surface area contributed by atoms with Crippen LogP contribution < -0.4 is 33.8 Å². The molecule has 3 rings (SSSR count). The van der Waals surface area contributed by atoms with Gasteiger partial charge in [0.2, 0.25) is 11.5 Å². The molecule has 0 N–H and O–H groups in total. The van der Waals surface area contributed by atoms with E-state index in [1.807, 2.05) is 16.7 Å². The molecule has 33 heavy (non-hydrogen) atoms. The molecule has 0 fully saturated rings. The molecular formula is C24H29NO8. The van der Waals surface area contributed by atoms with Gasteiger partial charge in [0.05, 0.1) is 60.3 Å². The van der Waals surface area contributed by atoms with Crippen LogP contribution in [0.4, 0.5) is 0 Å². The molecule has 2 aromatic carbocycles. The highest BCUT2D eigenvalue weighted by molar-refractivity contribution is 5.98. The van der Waals surface area contributed by atoms with Crippen LogP contribution in [0.25, 0.3) is 22.2 Å². The lowest BCUT2D eigenvalue weighted by atomic mass is 10.0. The van der Waals surface area contributed by atoms with Gasteiger partial charge >= 0.3 is 0 Å². The largest absolute Gasteiger partial charge is 0.493 e. The Balaban J connectivity index is 2.53. The van der Waals surface area contributed by atoms with E-state index < -0.39 is 0 Å². The number of benzene rings is 2. The van der Waals surface area contributed by atoms with Crippen LogP contribution >= 0.6 is 0 Å². The summed E-state index contributed by atoms with van der Waals surface area (Å²) in [6, 6.07) is 7.01. The van der Waals surface area contributed by atoms with Crippen LogP contribution in [-0.2, 0) is 11.3 Å². The van der Waals surface area contributed by atoms with Crippen molar-refractivity contribution in [3.63, 3.8) is 0 Å². The van der Waals surface area contributed by atoms with Gasteiger partial charge in [-0.3, -0.25) is 4.79 Å². The lowest BCUT2D eigenvalue weighted by molar-refractivity contribution is 0.188. The van der Waals surface area contributed by atoms with Crippen LogP contribution in [0.5, 0.6) is 34.5 Å². The van der Waals surface area contributed by atoms with Crippen molar-refractivity contribution in [2.24, 2.45) is 0 Å². The Hall–Kier alpha value is -3.59. The fraction of sp³-hybridized carbons (Fsp3) is 0.375. The Bertz CT molecular complexity index is 1200. The van der Waals surface area contributed by atoms with E-state index in [9.17, 15) is 4.79 Å². The summed E-state index contributed by atoms with van der Waals surface area (Å²) >= 11 is 0. The topological polar surface area (TPSA) is 86.6 Å². The van der Waals surface area contributed by atoms with E-state index in [4.69, 9.17) is 33.2 Å². The molecule has 0 saturated heterocycles. The fourth-order valence-electron chi connectivity index (χ4n) is 3.93. The maximum Gasteiger partial charge on any atom is 0.209 e. The van der Waals surface area contributed by atoms with E-state index in [-0.39, 0.29) is 16.9 Å². The third-order valence-corrected chi connectivity index (χ3v) is 5.39. The van der Waals surface area contributed by atoms with Gasteiger partial charge < -0.3 is 37.7 Å². The predicted octanol–water partition coefficient (Wildman–Crippen LogP) is 3.37. The van der Waals surface area contributed by atoms with Gasteiger partial charge in [0.15, 0.2) is 28.4 Å². The lowest BCUT2D eigenvalue weighted by Crippen LogP contribution is -2.17. The maximum absolute atomic E-state index is 13.5. The van der Waals surface area contributed by atoms with Gasteiger partial charge in [-0.15, -0.1) is 0 Å². The van der Waals surface area contributed by atoms with Gasteiger partial charge in [0.1, 0.15) is 5.52 Å². The molecule has 0 amide bonds. The van der Waals surface area contributed by atoms with Gasteiger partial charge in [0.25, 0.3) is 0 Å². The first-order valence-electron chi connectivity index (χ1n) is 10.2. The second-order valence-corrected chi connectivity index (χ2v) is 6.96. The highest BCUT2D eigenvalue weighted by Crippen LogP contribution is 2.50. The molecule has 1 aromatic heterocycles. The number of methoxy groups -OCH3 is 7. The van der Waals surface area contributed by atoms with Crippen molar-refractivity contribution in [1.29, 1.82) is 0 Å². The minimum Gasteiger partial charge on any atom is -0.493 e. The second-order valence-electron chi connectivity index (χ2n) is 6.96. The van der Waals surface area contributed by atoms with E-state index >= 15 is 0 Å². The van der Waals surface area contributed by atoms with Crippen molar-refractivity contribution >= 4 is 10.9 Å². The van der Waals surface area contributed by atoms with Crippen LogP contribution in [-0.4, -0.2) is 60.9 Å². The molecule has 0 unspecified atom stereocenters. The predicted molar refractivity (Wildman–Crippen MR) is 125 cm³/mol. The first-order valence-corrected chi connectivity index (χ1v) is 10.2. The zero-order chi connectivity index (χ0) is 24.1.